The SMILES string of the molecule is O=C(c1ccc(=O)[nH]n1)N1CCN(CC2CCCCC2)CC1. The first-order valence-electron chi connectivity index (χ1n) is 8.30. The van der Waals surface area contributed by atoms with Crippen LogP contribution in [0.3, 0.4) is 0 Å². The van der Waals surface area contributed by atoms with Gasteiger partial charge < -0.3 is 4.90 Å². The average molecular weight is 304 g/mol. The van der Waals surface area contributed by atoms with E-state index >= 15 is 0 Å². The lowest BCUT2D eigenvalue weighted by molar-refractivity contribution is 0.0599. The molecule has 0 atom stereocenters. The summed E-state index contributed by atoms with van der Waals surface area (Å²) in [5.41, 5.74) is 0.0363. The molecule has 1 amide bonds. The Balaban J connectivity index is 1.49. The molecule has 2 aliphatic rings. The fraction of sp³-hybridized carbons (Fsp3) is 0.688. The number of amides is 1. The first-order chi connectivity index (χ1) is 10.7. The zero-order valence-corrected chi connectivity index (χ0v) is 13.0. The smallest absolute Gasteiger partial charge is 0.274 e. The zero-order chi connectivity index (χ0) is 15.4. The van der Waals surface area contributed by atoms with Crippen molar-refractivity contribution in [2.45, 2.75) is 32.1 Å². The van der Waals surface area contributed by atoms with Crippen LogP contribution in [0.1, 0.15) is 42.6 Å². The van der Waals surface area contributed by atoms with Gasteiger partial charge in [0.2, 0.25) is 0 Å². The Morgan fingerprint density at radius 2 is 1.86 bits per heavy atom. The van der Waals surface area contributed by atoms with E-state index in [1.165, 1.54) is 50.8 Å². The van der Waals surface area contributed by atoms with Crippen molar-refractivity contribution in [3.63, 3.8) is 0 Å². The maximum absolute atomic E-state index is 12.3. The summed E-state index contributed by atoms with van der Waals surface area (Å²) in [5.74, 6) is 0.755. The number of carbonyl (C=O) groups excluding carboxylic acids is 1. The number of nitrogens with zero attached hydrogens (tertiary/aromatic N) is 3. The third-order valence-electron chi connectivity index (χ3n) is 4.80. The molecule has 2 heterocycles. The predicted molar refractivity (Wildman–Crippen MR) is 83.8 cm³/mol. The summed E-state index contributed by atoms with van der Waals surface area (Å²) in [4.78, 5) is 27.7. The molecule has 1 N–H and O–H groups in total. The molecule has 0 spiro atoms. The lowest BCUT2D eigenvalue weighted by atomic mass is 9.89. The van der Waals surface area contributed by atoms with Crippen LogP contribution in [0.15, 0.2) is 16.9 Å². The maximum atomic E-state index is 12.3. The molecular formula is C16H24N4O2. The molecule has 0 aromatic carbocycles. The first kappa shape index (κ1) is 15.2. The van der Waals surface area contributed by atoms with E-state index in [0.29, 0.717) is 5.69 Å². The summed E-state index contributed by atoms with van der Waals surface area (Å²) in [7, 11) is 0. The largest absolute Gasteiger partial charge is 0.335 e. The highest BCUT2D eigenvalue weighted by atomic mass is 16.2. The lowest BCUT2D eigenvalue weighted by Crippen LogP contribution is -2.50. The van der Waals surface area contributed by atoms with E-state index in [2.05, 4.69) is 15.1 Å². The van der Waals surface area contributed by atoms with Crippen LogP contribution >= 0.6 is 0 Å². The van der Waals surface area contributed by atoms with Crippen molar-refractivity contribution in [3.8, 4) is 0 Å². The molecule has 22 heavy (non-hydrogen) atoms. The number of hydrogen-bond acceptors (Lipinski definition) is 4. The fourth-order valence-electron chi connectivity index (χ4n) is 3.49. The van der Waals surface area contributed by atoms with Crippen LogP contribution < -0.4 is 5.56 Å². The monoisotopic (exact) mass is 304 g/mol. The van der Waals surface area contributed by atoms with Gasteiger partial charge in [0.1, 0.15) is 5.69 Å². The van der Waals surface area contributed by atoms with Gasteiger partial charge in [0.05, 0.1) is 0 Å². The summed E-state index contributed by atoms with van der Waals surface area (Å²) in [6, 6.07) is 2.84. The van der Waals surface area contributed by atoms with Crippen molar-refractivity contribution in [2.24, 2.45) is 5.92 Å². The molecule has 6 nitrogen and oxygen atoms in total. The highest BCUT2D eigenvalue weighted by Crippen LogP contribution is 2.24. The molecule has 0 bridgehead atoms. The minimum atomic E-state index is -0.283. The van der Waals surface area contributed by atoms with Crippen LogP contribution in [0.4, 0.5) is 0 Å². The molecule has 1 saturated heterocycles. The van der Waals surface area contributed by atoms with Crippen molar-refractivity contribution in [3.05, 3.63) is 28.2 Å². The minimum Gasteiger partial charge on any atom is -0.335 e. The van der Waals surface area contributed by atoms with E-state index in [9.17, 15) is 9.59 Å². The Morgan fingerprint density at radius 1 is 1.14 bits per heavy atom. The molecule has 6 heteroatoms. The van der Waals surface area contributed by atoms with Gasteiger partial charge in [0.15, 0.2) is 0 Å². The Hall–Kier alpha value is -1.69. The van der Waals surface area contributed by atoms with Crippen molar-refractivity contribution in [1.29, 1.82) is 0 Å². The van der Waals surface area contributed by atoms with Gasteiger partial charge >= 0.3 is 0 Å². The standard InChI is InChI=1S/C16H24N4O2/c21-15-7-6-14(17-18-15)16(22)20-10-8-19(9-11-20)12-13-4-2-1-3-5-13/h6-7,13H,1-5,8-12H2,(H,18,21). The molecule has 1 saturated carbocycles. The van der Waals surface area contributed by atoms with E-state index < -0.39 is 0 Å². The molecule has 0 unspecified atom stereocenters. The minimum absolute atomic E-state index is 0.0893. The summed E-state index contributed by atoms with van der Waals surface area (Å²) in [6.45, 7) is 4.54. The summed E-state index contributed by atoms with van der Waals surface area (Å²) in [5, 5.41) is 6.14. The van der Waals surface area contributed by atoms with Gasteiger partial charge in [-0.2, -0.15) is 5.10 Å². The molecule has 1 aliphatic heterocycles. The molecular weight excluding hydrogens is 280 g/mol. The van der Waals surface area contributed by atoms with E-state index in [-0.39, 0.29) is 11.5 Å². The fourth-order valence-corrected chi connectivity index (χ4v) is 3.49. The predicted octanol–water partition coefficient (Wildman–Crippen LogP) is 1.11. The van der Waals surface area contributed by atoms with Crippen LogP contribution in [-0.4, -0.2) is 58.6 Å². The molecule has 1 aromatic heterocycles. The number of aromatic amines is 1. The second kappa shape index (κ2) is 7.05. The average Bonchev–Trinajstić information content (AvgIpc) is 2.57. The highest BCUT2D eigenvalue weighted by Gasteiger charge is 2.25. The molecule has 120 valence electrons. The quantitative estimate of drug-likeness (QED) is 0.908. The van der Waals surface area contributed by atoms with E-state index in [0.717, 1.165) is 32.1 Å². The number of piperazine rings is 1. The molecule has 2 fully saturated rings. The summed E-state index contributed by atoms with van der Waals surface area (Å²) >= 11 is 0. The summed E-state index contributed by atoms with van der Waals surface area (Å²) in [6.07, 6.45) is 6.87. The third kappa shape index (κ3) is 3.74. The maximum Gasteiger partial charge on any atom is 0.274 e. The summed E-state index contributed by atoms with van der Waals surface area (Å²) < 4.78 is 0. The molecule has 0 radical (unpaired) electrons. The Labute approximate surface area is 130 Å². The van der Waals surface area contributed by atoms with Crippen LogP contribution in [0.2, 0.25) is 0 Å². The number of carbonyl (C=O) groups is 1. The van der Waals surface area contributed by atoms with Gasteiger partial charge in [-0.15, -0.1) is 0 Å². The number of hydrogen-bond donors (Lipinski definition) is 1. The van der Waals surface area contributed by atoms with Gasteiger partial charge in [-0.1, -0.05) is 19.3 Å². The Morgan fingerprint density at radius 3 is 2.50 bits per heavy atom. The molecule has 3 rings (SSSR count). The number of nitrogens with one attached hydrogen (secondary N) is 1. The van der Waals surface area contributed by atoms with Crippen LogP contribution in [0, 0.1) is 5.92 Å². The topological polar surface area (TPSA) is 69.3 Å². The van der Waals surface area contributed by atoms with Crippen LogP contribution in [0.25, 0.3) is 0 Å². The van der Waals surface area contributed by atoms with Gasteiger partial charge in [-0.05, 0) is 24.8 Å². The second-order valence-corrected chi connectivity index (χ2v) is 6.40. The van der Waals surface area contributed by atoms with Crippen molar-refractivity contribution < 1.29 is 4.79 Å². The van der Waals surface area contributed by atoms with Crippen molar-refractivity contribution in [1.82, 2.24) is 20.0 Å². The number of H-pyrrole nitrogens is 1. The zero-order valence-electron chi connectivity index (χ0n) is 13.0. The van der Waals surface area contributed by atoms with Gasteiger partial charge in [0.25, 0.3) is 11.5 Å². The first-order valence-corrected chi connectivity index (χ1v) is 8.30. The van der Waals surface area contributed by atoms with E-state index in [4.69, 9.17) is 0 Å². The second-order valence-electron chi connectivity index (χ2n) is 6.40. The van der Waals surface area contributed by atoms with Crippen LogP contribution in [-0.2, 0) is 0 Å². The molecule has 1 aromatic rings. The van der Waals surface area contributed by atoms with E-state index in [1.807, 2.05) is 4.90 Å². The van der Waals surface area contributed by atoms with Crippen LogP contribution in [0.5, 0.6) is 0 Å². The Kier molecular flexibility index (Phi) is 4.87. The van der Waals surface area contributed by atoms with E-state index in [1.54, 1.807) is 0 Å². The van der Waals surface area contributed by atoms with Gasteiger partial charge in [-0.25, -0.2) is 5.10 Å². The lowest BCUT2D eigenvalue weighted by Gasteiger charge is -2.37. The van der Waals surface area contributed by atoms with Crippen molar-refractivity contribution in [2.75, 3.05) is 32.7 Å². The number of aromatic nitrogens is 2. The number of rotatable bonds is 3. The van der Waals surface area contributed by atoms with Gasteiger partial charge in [0, 0.05) is 38.8 Å². The Bertz CT molecular complexity index is 537. The van der Waals surface area contributed by atoms with Crippen molar-refractivity contribution >= 4 is 5.91 Å². The highest BCUT2D eigenvalue weighted by molar-refractivity contribution is 5.92. The van der Waals surface area contributed by atoms with Gasteiger partial charge in [-0.3, -0.25) is 14.5 Å². The molecule has 1 aliphatic carbocycles. The normalized spacial score (nSPS) is 21.0. The third-order valence-corrected chi connectivity index (χ3v) is 4.80.